The third-order valence-corrected chi connectivity index (χ3v) is 3.70. The molecule has 1 aliphatic heterocycles. The molecule has 0 radical (unpaired) electrons. The van der Waals surface area contributed by atoms with E-state index in [4.69, 9.17) is 9.47 Å². The lowest BCUT2D eigenvalue weighted by Gasteiger charge is -2.28. The van der Waals surface area contributed by atoms with E-state index in [-0.39, 0.29) is 11.7 Å². The molecular formula is C15H23BO4. The second-order valence-electron chi connectivity index (χ2n) is 6.69. The van der Waals surface area contributed by atoms with E-state index in [2.05, 4.69) is 0 Å². The first kappa shape index (κ1) is 15.4. The van der Waals surface area contributed by atoms with E-state index in [9.17, 15) is 10.0 Å². The van der Waals surface area contributed by atoms with Gasteiger partial charge in [-0.15, -0.1) is 0 Å². The average Bonchev–Trinajstić information content (AvgIpc) is 2.48. The number of ether oxygens (including phenoxy) is 2. The molecule has 2 N–H and O–H groups in total. The van der Waals surface area contributed by atoms with Crippen LogP contribution < -0.4 is 10.2 Å². The topological polar surface area (TPSA) is 58.9 Å². The van der Waals surface area contributed by atoms with Gasteiger partial charge in [-0.1, -0.05) is 17.7 Å². The minimum absolute atomic E-state index is 0.127. The fourth-order valence-corrected chi connectivity index (χ4v) is 2.83. The highest BCUT2D eigenvalue weighted by Crippen LogP contribution is 2.39. The normalized spacial score (nSPS) is 23.6. The van der Waals surface area contributed by atoms with E-state index in [1.54, 1.807) is 12.1 Å². The van der Waals surface area contributed by atoms with Gasteiger partial charge in [0, 0.05) is 11.9 Å². The van der Waals surface area contributed by atoms with Crippen molar-refractivity contribution in [2.75, 3.05) is 0 Å². The van der Waals surface area contributed by atoms with Crippen LogP contribution in [0.15, 0.2) is 18.2 Å². The molecule has 1 unspecified atom stereocenters. The van der Waals surface area contributed by atoms with Gasteiger partial charge in [-0.3, -0.25) is 0 Å². The lowest BCUT2D eigenvalue weighted by molar-refractivity contribution is -0.0845. The Morgan fingerprint density at radius 1 is 1.25 bits per heavy atom. The number of rotatable bonds is 3. The molecule has 4 nitrogen and oxygen atoms in total. The maximum Gasteiger partial charge on any atom is 0.492 e. The van der Waals surface area contributed by atoms with Crippen molar-refractivity contribution in [1.82, 2.24) is 0 Å². The molecule has 1 aromatic carbocycles. The minimum atomic E-state index is -1.54. The Labute approximate surface area is 120 Å². The summed E-state index contributed by atoms with van der Waals surface area (Å²) in [6.07, 6.45) is 0.632. The van der Waals surface area contributed by atoms with Gasteiger partial charge in [0.25, 0.3) is 0 Å². The van der Waals surface area contributed by atoms with E-state index in [0.29, 0.717) is 11.2 Å². The van der Waals surface area contributed by atoms with Crippen LogP contribution in [0.4, 0.5) is 0 Å². The summed E-state index contributed by atoms with van der Waals surface area (Å²) >= 11 is 0. The van der Waals surface area contributed by atoms with Gasteiger partial charge in [-0.25, -0.2) is 0 Å². The van der Waals surface area contributed by atoms with Crippen molar-refractivity contribution in [1.29, 1.82) is 0 Å². The Morgan fingerprint density at radius 3 is 2.40 bits per heavy atom. The van der Waals surface area contributed by atoms with Crippen molar-refractivity contribution < 1.29 is 19.5 Å². The zero-order valence-electron chi connectivity index (χ0n) is 12.8. The quantitative estimate of drug-likeness (QED) is 0.821. The summed E-state index contributed by atoms with van der Waals surface area (Å²) in [5.74, 6) is 0.505. The van der Waals surface area contributed by atoms with Crippen molar-refractivity contribution >= 4 is 12.6 Å². The fourth-order valence-electron chi connectivity index (χ4n) is 2.83. The second kappa shape index (κ2) is 5.06. The fraction of sp³-hybridized carbons (Fsp3) is 0.600. The number of aryl methyl sites for hydroxylation is 1. The van der Waals surface area contributed by atoms with Crippen LogP contribution in [-0.4, -0.2) is 34.5 Å². The first-order valence-electron chi connectivity index (χ1n) is 6.94. The minimum Gasteiger partial charge on any atom is -0.488 e. The molecule has 1 aromatic rings. The maximum atomic E-state index is 9.48. The van der Waals surface area contributed by atoms with E-state index in [1.165, 1.54) is 0 Å². The van der Waals surface area contributed by atoms with Gasteiger partial charge in [0.2, 0.25) is 0 Å². The van der Waals surface area contributed by atoms with Gasteiger partial charge < -0.3 is 19.5 Å². The Balaban J connectivity index is 2.27. The molecule has 1 fully saturated rings. The SMILES string of the molecule is Cc1ccc(OC2CC(C)(C)OC2(C)C)c(B(O)O)c1. The number of benzene rings is 1. The van der Waals surface area contributed by atoms with Gasteiger partial charge in [0.1, 0.15) is 17.5 Å². The van der Waals surface area contributed by atoms with Gasteiger partial charge in [0.15, 0.2) is 0 Å². The molecule has 110 valence electrons. The lowest BCUT2D eigenvalue weighted by atomic mass is 9.78. The van der Waals surface area contributed by atoms with E-state index >= 15 is 0 Å². The van der Waals surface area contributed by atoms with Gasteiger partial charge in [-0.05, 0) is 40.7 Å². The Bertz CT molecular complexity index is 497. The van der Waals surface area contributed by atoms with Crippen LogP contribution in [0.1, 0.15) is 39.7 Å². The first-order valence-corrected chi connectivity index (χ1v) is 6.94. The van der Waals surface area contributed by atoms with Crippen molar-refractivity contribution in [3.63, 3.8) is 0 Å². The van der Waals surface area contributed by atoms with E-state index in [1.807, 2.05) is 40.7 Å². The Kier molecular flexibility index (Phi) is 3.89. The zero-order valence-corrected chi connectivity index (χ0v) is 12.8. The van der Waals surface area contributed by atoms with E-state index < -0.39 is 12.7 Å². The van der Waals surface area contributed by atoms with Crippen molar-refractivity contribution in [2.45, 2.75) is 58.3 Å². The zero-order chi connectivity index (χ0) is 15.1. The number of hydrogen-bond acceptors (Lipinski definition) is 4. The predicted octanol–water partition coefficient (Wildman–Crippen LogP) is 1.40. The smallest absolute Gasteiger partial charge is 0.488 e. The highest BCUT2D eigenvalue weighted by Gasteiger charge is 2.47. The second-order valence-corrected chi connectivity index (χ2v) is 6.69. The lowest BCUT2D eigenvalue weighted by Crippen LogP contribution is -2.39. The largest absolute Gasteiger partial charge is 0.492 e. The molecule has 2 rings (SSSR count). The molecule has 0 aromatic heterocycles. The van der Waals surface area contributed by atoms with Gasteiger partial charge in [0.05, 0.1) is 5.60 Å². The highest BCUT2D eigenvalue weighted by molar-refractivity contribution is 6.59. The van der Waals surface area contributed by atoms with Crippen molar-refractivity contribution in [3.8, 4) is 5.75 Å². The van der Waals surface area contributed by atoms with Crippen molar-refractivity contribution in [3.05, 3.63) is 23.8 Å². The monoisotopic (exact) mass is 278 g/mol. The molecule has 1 saturated heterocycles. The summed E-state index contributed by atoms with van der Waals surface area (Å²) in [5.41, 5.74) is 0.705. The molecule has 0 spiro atoms. The molecule has 5 heteroatoms. The molecule has 0 bridgehead atoms. The third-order valence-electron chi connectivity index (χ3n) is 3.70. The van der Waals surface area contributed by atoms with Crippen LogP contribution in [0.3, 0.4) is 0 Å². The maximum absolute atomic E-state index is 9.48. The summed E-state index contributed by atoms with van der Waals surface area (Å²) in [4.78, 5) is 0. The molecule has 20 heavy (non-hydrogen) atoms. The molecule has 1 heterocycles. The van der Waals surface area contributed by atoms with Crippen molar-refractivity contribution in [2.24, 2.45) is 0 Å². The Hall–Kier alpha value is -1.04. The number of hydrogen-bond donors (Lipinski definition) is 2. The van der Waals surface area contributed by atoms with Crippen LogP contribution in [0.2, 0.25) is 0 Å². The summed E-state index contributed by atoms with van der Waals surface area (Å²) in [6.45, 7) is 9.97. The first-order chi connectivity index (χ1) is 9.11. The van der Waals surface area contributed by atoms with Crippen LogP contribution in [0, 0.1) is 6.92 Å². The summed E-state index contributed by atoms with van der Waals surface area (Å²) < 4.78 is 12.0. The Morgan fingerprint density at radius 2 is 1.90 bits per heavy atom. The molecule has 0 amide bonds. The van der Waals surface area contributed by atoms with Crippen LogP contribution >= 0.6 is 0 Å². The van der Waals surface area contributed by atoms with Crippen LogP contribution in [-0.2, 0) is 4.74 Å². The summed E-state index contributed by atoms with van der Waals surface area (Å²) in [7, 11) is -1.54. The molecule has 0 aliphatic carbocycles. The third kappa shape index (κ3) is 3.16. The molecule has 1 aliphatic rings. The average molecular weight is 278 g/mol. The van der Waals surface area contributed by atoms with Crippen LogP contribution in [0.5, 0.6) is 5.75 Å². The summed E-state index contributed by atoms with van der Waals surface area (Å²) in [5, 5.41) is 19.0. The van der Waals surface area contributed by atoms with Crippen LogP contribution in [0.25, 0.3) is 0 Å². The standard InChI is InChI=1S/C15H23BO4/c1-10-6-7-12(11(8-10)16(17)18)19-13-9-14(2,3)20-15(13,4)5/h6-8,13,17-18H,9H2,1-5H3. The molecule has 1 atom stereocenters. The van der Waals surface area contributed by atoms with Gasteiger partial charge >= 0.3 is 7.12 Å². The van der Waals surface area contributed by atoms with Gasteiger partial charge in [-0.2, -0.15) is 0 Å². The summed E-state index contributed by atoms with van der Waals surface area (Å²) in [6, 6.07) is 5.41. The highest BCUT2D eigenvalue weighted by atomic mass is 16.6. The molecular weight excluding hydrogens is 255 g/mol. The van der Waals surface area contributed by atoms with E-state index in [0.717, 1.165) is 12.0 Å². The predicted molar refractivity (Wildman–Crippen MR) is 79.3 cm³/mol. The molecule has 0 saturated carbocycles.